The van der Waals surface area contributed by atoms with Gasteiger partial charge in [-0.15, -0.1) is 0 Å². The van der Waals surface area contributed by atoms with E-state index in [1.54, 1.807) is 39.0 Å². The first-order valence-electron chi connectivity index (χ1n) is 9.29. The molecule has 1 saturated heterocycles. The predicted molar refractivity (Wildman–Crippen MR) is 109 cm³/mol. The third-order valence-corrected chi connectivity index (χ3v) is 5.09. The Bertz CT molecular complexity index is 982. The van der Waals surface area contributed by atoms with Crippen molar-refractivity contribution in [2.45, 2.75) is 58.5 Å². The van der Waals surface area contributed by atoms with Crippen molar-refractivity contribution >= 4 is 44.5 Å². The van der Waals surface area contributed by atoms with E-state index in [-0.39, 0.29) is 36.8 Å². The Hall–Kier alpha value is -2.29. The second-order valence-electron chi connectivity index (χ2n) is 8.17. The molecule has 7 nitrogen and oxygen atoms in total. The van der Waals surface area contributed by atoms with Crippen molar-refractivity contribution in [3.63, 3.8) is 0 Å². The fourth-order valence-electron chi connectivity index (χ4n) is 3.40. The summed E-state index contributed by atoms with van der Waals surface area (Å²) in [6, 6.07) is 4.37. The van der Waals surface area contributed by atoms with Crippen LogP contribution in [0.2, 0.25) is 0 Å². The van der Waals surface area contributed by atoms with Crippen molar-refractivity contribution < 1.29 is 23.5 Å². The van der Waals surface area contributed by atoms with E-state index < -0.39 is 23.9 Å². The summed E-state index contributed by atoms with van der Waals surface area (Å²) < 4.78 is 21.6. The number of likely N-dealkylation sites (tertiary alicyclic amines) is 1. The fraction of sp³-hybridized carbons (Fsp3) is 0.500. The summed E-state index contributed by atoms with van der Waals surface area (Å²) in [4.78, 5) is 38.5. The lowest BCUT2D eigenvalue weighted by molar-refractivity contribution is -0.124. The maximum Gasteiger partial charge on any atom is 0.411 e. The minimum Gasteiger partial charge on any atom is -0.444 e. The Morgan fingerprint density at radius 3 is 2.62 bits per heavy atom. The highest BCUT2D eigenvalue weighted by molar-refractivity contribution is 9.10. The second-order valence-corrected chi connectivity index (χ2v) is 9.09. The zero-order valence-electron chi connectivity index (χ0n) is 16.7. The molecular formula is C20H23BrFN3O4. The maximum atomic E-state index is 14.0. The van der Waals surface area contributed by atoms with E-state index in [1.165, 1.54) is 11.6 Å². The van der Waals surface area contributed by atoms with Crippen molar-refractivity contribution in [1.29, 1.82) is 0 Å². The van der Waals surface area contributed by atoms with Gasteiger partial charge in [0.2, 0.25) is 0 Å². The van der Waals surface area contributed by atoms with Gasteiger partial charge in [-0.1, -0.05) is 15.9 Å². The molecule has 2 aromatic rings. The van der Waals surface area contributed by atoms with Crippen molar-refractivity contribution in [2.24, 2.45) is 0 Å². The van der Waals surface area contributed by atoms with Crippen LogP contribution in [0.25, 0.3) is 10.9 Å². The molecule has 3 rings (SSSR count). The lowest BCUT2D eigenvalue weighted by atomic mass is 10.1. The molecule has 2 heterocycles. The number of hydrogen-bond donors (Lipinski definition) is 0. The van der Waals surface area contributed by atoms with Crippen LogP contribution in [0.3, 0.4) is 0 Å². The largest absolute Gasteiger partial charge is 0.444 e. The minimum atomic E-state index is -1.30. The van der Waals surface area contributed by atoms with Crippen LogP contribution in [-0.4, -0.2) is 56.7 Å². The van der Waals surface area contributed by atoms with Crippen LogP contribution in [0, 0.1) is 0 Å². The summed E-state index contributed by atoms with van der Waals surface area (Å²) in [7, 11) is 0. The normalized spacial score (nSPS) is 19.6. The van der Waals surface area contributed by atoms with Crippen LogP contribution in [-0.2, 0) is 16.1 Å². The van der Waals surface area contributed by atoms with Crippen LogP contribution < -0.4 is 0 Å². The second kappa shape index (κ2) is 7.85. The molecule has 0 N–H and O–H groups in total. The highest BCUT2D eigenvalue weighted by Gasteiger charge is 2.41. The van der Waals surface area contributed by atoms with E-state index in [0.29, 0.717) is 10.9 Å². The molecule has 1 amide bonds. The Labute approximate surface area is 176 Å². The zero-order valence-corrected chi connectivity index (χ0v) is 18.3. The highest BCUT2D eigenvalue weighted by Crippen LogP contribution is 2.27. The summed E-state index contributed by atoms with van der Waals surface area (Å²) in [6.45, 7) is 6.18. The molecule has 1 aromatic heterocycles. The number of nitrogens with zero attached hydrogens (tertiary/aromatic N) is 3. The Balaban J connectivity index is 1.87. The molecule has 1 unspecified atom stereocenters. The fourth-order valence-corrected chi connectivity index (χ4v) is 3.76. The molecule has 0 aliphatic carbocycles. The molecule has 1 fully saturated rings. The molecular weight excluding hydrogens is 445 g/mol. The topological polar surface area (TPSA) is 81.5 Å². The van der Waals surface area contributed by atoms with Crippen LogP contribution in [0.1, 0.15) is 44.6 Å². The van der Waals surface area contributed by atoms with E-state index in [9.17, 15) is 18.8 Å². The molecule has 29 heavy (non-hydrogen) atoms. The van der Waals surface area contributed by atoms with Gasteiger partial charge in [0.05, 0.1) is 18.1 Å². The Kier molecular flexibility index (Phi) is 5.80. The van der Waals surface area contributed by atoms with E-state index in [4.69, 9.17) is 4.74 Å². The van der Waals surface area contributed by atoms with Gasteiger partial charge in [0, 0.05) is 23.2 Å². The first-order valence-corrected chi connectivity index (χ1v) is 10.1. The first-order chi connectivity index (χ1) is 13.5. The number of aromatic nitrogens is 2. The number of halogens is 2. The number of Topliss-reactive ketones (excluding diaryl/α,β-unsaturated/α-hetero) is 2. The van der Waals surface area contributed by atoms with E-state index in [1.807, 2.05) is 0 Å². The zero-order chi connectivity index (χ0) is 21.5. The maximum absolute atomic E-state index is 14.0. The van der Waals surface area contributed by atoms with Gasteiger partial charge in [-0.05, 0) is 39.0 Å². The van der Waals surface area contributed by atoms with Crippen LogP contribution in [0.5, 0.6) is 0 Å². The quantitative estimate of drug-likeness (QED) is 0.636. The summed E-state index contributed by atoms with van der Waals surface area (Å²) in [5, 5.41) is 4.91. The van der Waals surface area contributed by atoms with Gasteiger partial charge in [0.1, 0.15) is 24.0 Å². The van der Waals surface area contributed by atoms with Crippen LogP contribution >= 0.6 is 15.9 Å². The number of benzene rings is 1. The van der Waals surface area contributed by atoms with Crippen molar-refractivity contribution in [3.05, 3.63) is 28.4 Å². The number of fused-ring (bicyclic) bond motifs is 1. The number of alkyl halides is 1. The SMILES string of the molecule is CC(=O)c1nn(CC(=O)C2C[C@H](F)CN2C(=O)OC(C)(C)C)c2ccc(Br)cc12. The minimum absolute atomic E-state index is 0.0810. The summed E-state index contributed by atoms with van der Waals surface area (Å²) in [6.07, 6.45) is -2.09. The molecule has 0 bridgehead atoms. The van der Waals surface area contributed by atoms with Gasteiger partial charge in [-0.25, -0.2) is 9.18 Å². The average molecular weight is 468 g/mol. The van der Waals surface area contributed by atoms with Gasteiger partial charge in [-0.3, -0.25) is 19.2 Å². The number of hydrogen-bond acceptors (Lipinski definition) is 5. The molecule has 0 saturated carbocycles. The number of rotatable bonds is 4. The van der Waals surface area contributed by atoms with E-state index in [0.717, 1.165) is 9.37 Å². The number of amides is 1. The molecule has 9 heteroatoms. The summed E-state index contributed by atoms with van der Waals surface area (Å²) >= 11 is 3.37. The van der Waals surface area contributed by atoms with Gasteiger partial charge < -0.3 is 4.74 Å². The first kappa shape index (κ1) is 21.4. The molecule has 0 radical (unpaired) electrons. The van der Waals surface area contributed by atoms with Gasteiger partial charge in [0.25, 0.3) is 0 Å². The lowest BCUT2D eigenvalue weighted by Crippen LogP contribution is -2.44. The Morgan fingerprint density at radius 2 is 2.00 bits per heavy atom. The smallest absolute Gasteiger partial charge is 0.411 e. The van der Waals surface area contributed by atoms with E-state index in [2.05, 4.69) is 21.0 Å². The predicted octanol–water partition coefficient (Wildman–Crippen LogP) is 3.92. The molecule has 2 atom stereocenters. The van der Waals surface area contributed by atoms with Gasteiger partial charge in [0.15, 0.2) is 11.6 Å². The van der Waals surface area contributed by atoms with E-state index >= 15 is 0 Å². The van der Waals surface area contributed by atoms with Gasteiger partial charge in [-0.2, -0.15) is 5.10 Å². The van der Waals surface area contributed by atoms with Crippen molar-refractivity contribution in [1.82, 2.24) is 14.7 Å². The Morgan fingerprint density at radius 1 is 1.31 bits per heavy atom. The average Bonchev–Trinajstić information content (AvgIpc) is 3.14. The number of ether oxygens (including phenoxy) is 1. The third-order valence-electron chi connectivity index (χ3n) is 4.60. The molecule has 1 aliphatic heterocycles. The molecule has 0 spiro atoms. The third kappa shape index (κ3) is 4.66. The van der Waals surface area contributed by atoms with Crippen LogP contribution in [0.15, 0.2) is 22.7 Å². The monoisotopic (exact) mass is 467 g/mol. The standard InChI is InChI=1S/C20H23BrFN3O4/c1-11(26)18-14-7-12(21)5-6-15(14)25(23-18)10-17(27)16-8-13(22)9-24(16)19(28)29-20(2,3)4/h5-7,13,16H,8-10H2,1-4H3/t13-,16?/m0/s1. The number of carbonyl (C=O) groups is 3. The van der Waals surface area contributed by atoms with Crippen molar-refractivity contribution in [2.75, 3.05) is 6.54 Å². The molecule has 156 valence electrons. The summed E-state index contributed by atoms with van der Waals surface area (Å²) in [5.74, 6) is -0.585. The number of ketones is 2. The summed E-state index contributed by atoms with van der Waals surface area (Å²) in [5.41, 5.74) is 0.124. The molecule has 1 aromatic carbocycles. The highest BCUT2D eigenvalue weighted by atomic mass is 79.9. The lowest BCUT2D eigenvalue weighted by Gasteiger charge is -2.27. The van der Waals surface area contributed by atoms with Crippen LogP contribution in [0.4, 0.5) is 9.18 Å². The van der Waals surface area contributed by atoms with Crippen molar-refractivity contribution in [3.8, 4) is 0 Å². The number of carbonyl (C=O) groups excluding carboxylic acids is 3. The molecule has 1 aliphatic rings. The van der Waals surface area contributed by atoms with Gasteiger partial charge >= 0.3 is 6.09 Å².